The number of amides is 1. The van der Waals surface area contributed by atoms with E-state index in [2.05, 4.69) is 10.6 Å². The molecule has 1 aliphatic rings. The quantitative estimate of drug-likeness (QED) is 0.863. The smallest absolute Gasteiger partial charge is 0.224 e. The van der Waals surface area contributed by atoms with Gasteiger partial charge in [-0.05, 0) is 50.4 Å². The Balaban J connectivity index is 1.80. The highest BCUT2D eigenvalue weighted by Gasteiger charge is 2.21. The molecule has 0 atom stereocenters. The van der Waals surface area contributed by atoms with E-state index in [1.165, 1.54) is 0 Å². The minimum atomic E-state index is 0.103. The number of ether oxygens (including phenoxy) is 1. The fraction of sp³-hybridized carbons (Fsp3) is 0.562. The van der Waals surface area contributed by atoms with Crippen LogP contribution in [0.1, 0.15) is 31.2 Å². The third kappa shape index (κ3) is 4.23. The van der Waals surface area contributed by atoms with Crippen molar-refractivity contribution >= 4 is 5.91 Å². The Morgan fingerprint density at radius 3 is 2.60 bits per heavy atom. The SMILES string of the molecule is CNC1CCC(NC(=O)Cc2cccc(OC)c2)CC1. The van der Waals surface area contributed by atoms with Gasteiger partial charge in [0.1, 0.15) is 5.75 Å². The molecule has 0 heterocycles. The summed E-state index contributed by atoms with van der Waals surface area (Å²) in [5, 5.41) is 6.45. The summed E-state index contributed by atoms with van der Waals surface area (Å²) >= 11 is 0. The summed E-state index contributed by atoms with van der Waals surface area (Å²) in [6, 6.07) is 8.62. The van der Waals surface area contributed by atoms with E-state index in [4.69, 9.17) is 4.74 Å². The molecule has 0 bridgehead atoms. The van der Waals surface area contributed by atoms with Gasteiger partial charge in [-0.3, -0.25) is 4.79 Å². The molecule has 1 aromatic carbocycles. The van der Waals surface area contributed by atoms with Gasteiger partial charge in [0.05, 0.1) is 13.5 Å². The van der Waals surface area contributed by atoms with Crippen molar-refractivity contribution in [1.82, 2.24) is 10.6 Å². The van der Waals surface area contributed by atoms with Crippen molar-refractivity contribution in [2.24, 2.45) is 0 Å². The van der Waals surface area contributed by atoms with Gasteiger partial charge >= 0.3 is 0 Å². The van der Waals surface area contributed by atoms with Crippen LogP contribution in [0.15, 0.2) is 24.3 Å². The highest BCUT2D eigenvalue weighted by molar-refractivity contribution is 5.79. The van der Waals surface area contributed by atoms with Crippen molar-refractivity contribution < 1.29 is 9.53 Å². The minimum absolute atomic E-state index is 0.103. The summed E-state index contributed by atoms with van der Waals surface area (Å²) in [4.78, 5) is 12.1. The average molecular weight is 276 g/mol. The van der Waals surface area contributed by atoms with Crippen molar-refractivity contribution in [2.45, 2.75) is 44.2 Å². The maximum Gasteiger partial charge on any atom is 0.224 e. The van der Waals surface area contributed by atoms with Crippen molar-refractivity contribution in [2.75, 3.05) is 14.2 Å². The first-order chi connectivity index (χ1) is 9.71. The van der Waals surface area contributed by atoms with Crippen LogP contribution in [0.2, 0.25) is 0 Å². The lowest BCUT2D eigenvalue weighted by atomic mass is 9.91. The van der Waals surface area contributed by atoms with Crippen LogP contribution in [-0.4, -0.2) is 32.1 Å². The minimum Gasteiger partial charge on any atom is -0.497 e. The largest absolute Gasteiger partial charge is 0.497 e. The van der Waals surface area contributed by atoms with Crippen LogP contribution in [0.5, 0.6) is 5.75 Å². The summed E-state index contributed by atoms with van der Waals surface area (Å²) in [5.74, 6) is 0.899. The molecule has 2 N–H and O–H groups in total. The molecule has 1 aliphatic carbocycles. The highest BCUT2D eigenvalue weighted by Crippen LogP contribution is 2.18. The number of benzene rings is 1. The summed E-state index contributed by atoms with van der Waals surface area (Å²) in [5.41, 5.74) is 0.991. The molecule has 0 radical (unpaired) electrons. The molecule has 0 aliphatic heterocycles. The zero-order valence-electron chi connectivity index (χ0n) is 12.3. The normalized spacial score (nSPS) is 22.3. The molecule has 1 amide bonds. The van der Waals surface area contributed by atoms with Crippen LogP contribution in [0.25, 0.3) is 0 Å². The summed E-state index contributed by atoms with van der Waals surface area (Å²) in [7, 11) is 3.64. The first-order valence-electron chi connectivity index (χ1n) is 7.31. The zero-order chi connectivity index (χ0) is 14.4. The first-order valence-corrected chi connectivity index (χ1v) is 7.31. The molecular formula is C16H24N2O2. The number of carbonyl (C=O) groups is 1. The summed E-state index contributed by atoms with van der Waals surface area (Å²) in [6.07, 6.45) is 4.83. The third-order valence-corrected chi connectivity index (χ3v) is 4.00. The number of nitrogens with one attached hydrogen (secondary N) is 2. The van der Waals surface area contributed by atoms with Gasteiger partial charge in [0.2, 0.25) is 5.91 Å². The summed E-state index contributed by atoms with van der Waals surface area (Å²) in [6.45, 7) is 0. The second kappa shape index (κ2) is 7.29. The van der Waals surface area contributed by atoms with Crippen molar-refractivity contribution in [3.8, 4) is 5.75 Å². The molecule has 0 spiro atoms. The lowest BCUT2D eigenvalue weighted by Gasteiger charge is -2.28. The van der Waals surface area contributed by atoms with Crippen molar-refractivity contribution in [3.05, 3.63) is 29.8 Å². The van der Waals surface area contributed by atoms with E-state index in [0.717, 1.165) is 37.0 Å². The van der Waals surface area contributed by atoms with Crippen molar-refractivity contribution in [1.29, 1.82) is 0 Å². The first kappa shape index (κ1) is 14.9. The molecule has 20 heavy (non-hydrogen) atoms. The van der Waals surface area contributed by atoms with E-state index < -0.39 is 0 Å². The molecule has 0 saturated heterocycles. The van der Waals surface area contributed by atoms with E-state index in [9.17, 15) is 4.79 Å². The van der Waals surface area contributed by atoms with Crippen LogP contribution in [0.3, 0.4) is 0 Å². The molecule has 1 fully saturated rings. The Labute approximate surface area is 120 Å². The fourth-order valence-corrected chi connectivity index (χ4v) is 2.77. The van der Waals surface area contributed by atoms with E-state index in [1.54, 1.807) is 7.11 Å². The molecule has 4 nitrogen and oxygen atoms in total. The highest BCUT2D eigenvalue weighted by atomic mass is 16.5. The predicted octanol–water partition coefficient (Wildman–Crippen LogP) is 1.88. The number of rotatable bonds is 5. The maximum absolute atomic E-state index is 12.1. The zero-order valence-corrected chi connectivity index (χ0v) is 12.3. The van der Waals surface area contributed by atoms with Gasteiger partial charge in [-0.15, -0.1) is 0 Å². The van der Waals surface area contributed by atoms with Gasteiger partial charge in [-0.25, -0.2) is 0 Å². The standard InChI is InChI=1S/C16H24N2O2/c1-17-13-6-8-14(9-7-13)18-16(19)11-12-4-3-5-15(10-12)20-2/h3-5,10,13-14,17H,6-9,11H2,1-2H3,(H,18,19). The van der Waals surface area contributed by atoms with Crippen LogP contribution in [-0.2, 0) is 11.2 Å². The van der Waals surface area contributed by atoms with Gasteiger partial charge in [0, 0.05) is 12.1 Å². The lowest BCUT2D eigenvalue weighted by Crippen LogP contribution is -2.41. The van der Waals surface area contributed by atoms with E-state index in [-0.39, 0.29) is 5.91 Å². The van der Waals surface area contributed by atoms with Crippen LogP contribution < -0.4 is 15.4 Å². The maximum atomic E-state index is 12.1. The molecule has 1 aromatic rings. The molecule has 2 rings (SSSR count). The van der Waals surface area contributed by atoms with Gasteiger partial charge in [-0.2, -0.15) is 0 Å². The van der Waals surface area contributed by atoms with Gasteiger partial charge in [-0.1, -0.05) is 12.1 Å². The molecule has 1 saturated carbocycles. The van der Waals surface area contributed by atoms with E-state index in [1.807, 2.05) is 31.3 Å². The molecule has 0 aromatic heterocycles. The van der Waals surface area contributed by atoms with Crippen LogP contribution in [0, 0.1) is 0 Å². The molecule has 4 heteroatoms. The van der Waals surface area contributed by atoms with Gasteiger partial charge in [0.15, 0.2) is 0 Å². The second-order valence-electron chi connectivity index (χ2n) is 5.43. The molecule has 110 valence electrons. The third-order valence-electron chi connectivity index (χ3n) is 4.00. The monoisotopic (exact) mass is 276 g/mol. The number of hydrogen-bond donors (Lipinski definition) is 2. The van der Waals surface area contributed by atoms with Crippen molar-refractivity contribution in [3.63, 3.8) is 0 Å². The average Bonchev–Trinajstić information content (AvgIpc) is 2.48. The van der Waals surface area contributed by atoms with Gasteiger partial charge in [0.25, 0.3) is 0 Å². The lowest BCUT2D eigenvalue weighted by molar-refractivity contribution is -0.121. The summed E-state index contributed by atoms with van der Waals surface area (Å²) < 4.78 is 5.17. The fourth-order valence-electron chi connectivity index (χ4n) is 2.77. The number of hydrogen-bond acceptors (Lipinski definition) is 3. The Kier molecular flexibility index (Phi) is 5.41. The Morgan fingerprint density at radius 1 is 1.25 bits per heavy atom. The predicted molar refractivity (Wildman–Crippen MR) is 79.9 cm³/mol. The Bertz CT molecular complexity index is 440. The van der Waals surface area contributed by atoms with Crippen LogP contribution in [0.4, 0.5) is 0 Å². The van der Waals surface area contributed by atoms with Gasteiger partial charge < -0.3 is 15.4 Å². The van der Waals surface area contributed by atoms with E-state index >= 15 is 0 Å². The number of methoxy groups -OCH3 is 1. The Morgan fingerprint density at radius 2 is 1.95 bits per heavy atom. The number of carbonyl (C=O) groups excluding carboxylic acids is 1. The Hall–Kier alpha value is -1.55. The van der Waals surface area contributed by atoms with Crippen LogP contribution >= 0.6 is 0 Å². The molecule has 0 unspecified atom stereocenters. The topological polar surface area (TPSA) is 50.4 Å². The van der Waals surface area contributed by atoms with E-state index in [0.29, 0.717) is 18.5 Å². The second-order valence-corrected chi connectivity index (χ2v) is 5.43. The molecular weight excluding hydrogens is 252 g/mol.